The summed E-state index contributed by atoms with van der Waals surface area (Å²) in [6.45, 7) is 10.2. The topological polar surface area (TPSA) is 84.3 Å². The van der Waals surface area contributed by atoms with Crippen molar-refractivity contribution in [3.63, 3.8) is 0 Å². The van der Waals surface area contributed by atoms with Crippen LogP contribution in [-0.4, -0.2) is 84.3 Å². The first-order chi connectivity index (χ1) is 26.9. The van der Waals surface area contributed by atoms with Gasteiger partial charge in [0.2, 0.25) is 0 Å². The van der Waals surface area contributed by atoms with Gasteiger partial charge >= 0.3 is 0 Å². The number of rotatable bonds is 20. The van der Waals surface area contributed by atoms with Gasteiger partial charge in [-0.15, -0.1) is 0 Å². The Morgan fingerprint density at radius 1 is 0.696 bits per heavy atom. The van der Waals surface area contributed by atoms with Gasteiger partial charge in [0.15, 0.2) is 23.0 Å². The fourth-order valence-electron chi connectivity index (χ4n) is 7.44. The van der Waals surface area contributed by atoms with E-state index in [0.717, 1.165) is 67.0 Å². The highest BCUT2D eigenvalue weighted by molar-refractivity contribution is 5.93. The summed E-state index contributed by atoms with van der Waals surface area (Å²) in [5, 5.41) is 10.2. The zero-order valence-corrected chi connectivity index (χ0v) is 35.7. The number of nitrogens with zero attached hydrogens (tertiary/aromatic N) is 3. The molecule has 4 aromatic carbocycles. The Bertz CT molecular complexity index is 1780. The molecular weight excluding hydrogens is 699 g/mol. The highest BCUT2D eigenvalue weighted by atomic mass is 16.5. The van der Waals surface area contributed by atoms with Crippen LogP contribution in [0.5, 0.6) is 23.0 Å². The number of hydrogen-bond acceptors (Lipinski definition) is 8. The first-order valence-electron chi connectivity index (χ1n) is 19.7. The largest absolute Gasteiger partial charge is 0.493 e. The van der Waals surface area contributed by atoms with Crippen molar-refractivity contribution in [2.45, 2.75) is 76.7 Å². The zero-order chi connectivity index (χ0) is 41.3. The van der Waals surface area contributed by atoms with Gasteiger partial charge in [-0.25, -0.2) is 0 Å². The van der Waals surface area contributed by atoms with E-state index in [2.05, 4.69) is 88.1 Å². The number of ether oxygens (including phenoxy) is 4. The first-order valence-corrected chi connectivity index (χ1v) is 19.7. The molecule has 0 saturated heterocycles. The molecular formula is C48H65N3O5. The predicted molar refractivity (Wildman–Crippen MR) is 228 cm³/mol. The van der Waals surface area contributed by atoms with Crippen LogP contribution in [0.1, 0.15) is 75.6 Å². The molecule has 0 aliphatic carbocycles. The molecule has 0 aromatic heterocycles. The van der Waals surface area contributed by atoms with E-state index >= 15 is 0 Å². The van der Waals surface area contributed by atoms with Crippen molar-refractivity contribution in [3.8, 4) is 29.1 Å². The van der Waals surface area contributed by atoms with E-state index in [9.17, 15) is 10.1 Å². The number of benzene rings is 4. The lowest BCUT2D eigenvalue weighted by molar-refractivity contribution is -0.123. The van der Waals surface area contributed by atoms with E-state index in [1.54, 1.807) is 28.4 Å². The fourth-order valence-corrected chi connectivity index (χ4v) is 7.44. The summed E-state index contributed by atoms with van der Waals surface area (Å²) in [7, 11) is 12.8. The van der Waals surface area contributed by atoms with Gasteiger partial charge in [0.25, 0.3) is 0 Å². The highest BCUT2D eigenvalue weighted by Gasteiger charge is 2.42. The van der Waals surface area contributed by atoms with Crippen LogP contribution in [0.25, 0.3) is 0 Å². The Labute approximate surface area is 337 Å². The van der Waals surface area contributed by atoms with Crippen LogP contribution in [0.4, 0.5) is 0 Å². The second kappa shape index (κ2) is 22.0. The Kier molecular flexibility index (Phi) is 17.9. The monoisotopic (exact) mass is 763 g/mol. The Morgan fingerprint density at radius 3 is 1.68 bits per heavy atom. The van der Waals surface area contributed by atoms with Crippen LogP contribution in [0.3, 0.4) is 0 Å². The summed E-state index contributed by atoms with van der Waals surface area (Å²) >= 11 is 0. The van der Waals surface area contributed by atoms with Crippen LogP contribution in [0.15, 0.2) is 97.1 Å². The molecule has 0 aliphatic rings. The number of Topliss-reactive ketones (excluding diaryl/α,β-unsaturated/α-hetero) is 1. The molecule has 8 nitrogen and oxygen atoms in total. The van der Waals surface area contributed by atoms with Gasteiger partial charge < -0.3 is 28.7 Å². The second-order valence-electron chi connectivity index (χ2n) is 15.1. The minimum absolute atomic E-state index is 0.165. The third-order valence-electron chi connectivity index (χ3n) is 11.2. The molecule has 0 radical (unpaired) electrons. The summed E-state index contributed by atoms with van der Waals surface area (Å²) in [6.07, 6.45) is 3.92. The highest BCUT2D eigenvalue weighted by Crippen LogP contribution is 2.41. The molecule has 0 aliphatic heterocycles. The molecule has 0 heterocycles. The summed E-state index contributed by atoms with van der Waals surface area (Å²) in [5.41, 5.74) is 3.20. The van der Waals surface area contributed by atoms with Gasteiger partial charge in [-0.2, -0.15) is 5.26 Å². The predicted octanol–water partition coefficient (Wildman–Crippen LogP) is 9.39. The summed E-state index contributed by atoms with van der Waals surface area (Å²) in [4.78, 5) is 17.7. The van der Waals surface area contributed by atoms with Crippen LogP contribution >= 0.6 is 0 Å². The number of carbonyl (C=O) groups excluding carboxylic acids is 1. The van der Waals surface area contributed by atoms with Crippen molar-refractivity contribution in [1.82, 2.24) is 9.80 Å². The smallest absolute Gasteiger partial charge is 0.161 e. The number of ketones is 1. The molecule has 302 valence electrons. The number of methoxy groups -OCH3 is 4. The summed E-state index contributed by atoms with van der Waals surface area (Å²) in [6, 6.07) is 35.3. The average molecular weight is 764 g/mol. The van der Waals surface area contributed by atoms with E-state index in [0.29, 0.717) is 24.0 Å². The second-order valence-corrected chi connectivity index (χ2v) is 15.1. The van der Waals surface area contributed by atoms with Gasteiger partial charge in [-0.05, 0) is 113 Å². The van der Waals surface area contributed by atoms with Crippen molar-refractivity contribution < 1.29 is 23.7 Å². The standard InChI is InChI=1S/C27H38N2O4.C21H27NO/c1-20(2)27(19-28,22-10-12-24(31-5)26(18-22)33-7)14-8-15-29(3)16-13-21-9-11-23(30-4)25(17-21)32-6;1-5-20(23)21(16-17(2)22(3)4,18-12-8-6-9-13-18)19-14-10-7-11-15-19/h9-12,17-18,20H,8,13-16H2,1-7H3;6-15,17H,5,16H2,1-4H3. The van der Waals surface area contributed by atoms with Crippen molar-refractivity contribution in [1.29, 1.82) is 5.26 Å². The normalized spacial score (nSPS) is 12.9. The lowest BCUT2D eigenvalue weighted by Gasteiger charge is -2.37. The van der Waals surface area contributed by atoms with Gasteiger partial charge in [0.1, 0.15) is 5.78 Å². The van der Waals surface area contributed by atoms with Crippen LogP contribution in [0, 0.1) is 17.2 Å². The third-order valence-corrected chi connectivity index (χ3v) is 11.2. The maximum atomic E-state index is 13.2. The summed E-state index contributed by atoms with van der Waals surface area (Å²) < 4.78 is 21.6. The van der Waals surface area contributed by atoms with Gasteiger partial charge in [0, 0.05) is 19.0 Å². The van der Waals surface area contributed by atoms with Crippen molar-refractivity contribution in [2.24, 2.45) is 5.92 Å². The number of nitriles is 1. The lowest BCUT2D eigenvalue weighted by Crippen LogP contribution is -2.42. The van der Waals surface area contributed by atoms with Gasteiger partial charge in [-0.1, -0.05) is 93.6 Å². The maximum Gasteiger partial charge on any atom is 0.161 e. The number of likely N-dealkylation sites (N-methyl/N-ethyl adjacent to an activating group) is 1. The number of hydrogen-bond donors (Lipinski definition) is 0. The molecule has 0 fully saturated rings. The Hall–Kier alpha value is -4.84. The van der Waals surface area contributed by atoms with Gasteiger partial charge in [0.05, 0.1) is 45.3 Å². The lowest BCUT2D eigenvalue weighted by atomic mass is 9.67. The van der Waals surface area contributed by atoms with Crippen molar-refractivity contribution >= 4 is 5.78 Å². The van der Waals surface area contributed by atoms with Gasteiger partial charge in [-0.3, -0.25) is 4.79 Å². The zero-order valence-electron chi connectivity index (χ0n) is 35.7. The molecule has 0 N–H and O–H groups in total. The molecule has 0 amide bonds. The van der Waals surface area contributed by atoms with E-state index in [4.69, 9.17) is 18.9 Å². The maximum absolute atomic E-state index is 13.2. The fraction of sp³-hybridized carbons (Fsp3) is 0.458. The molecule has 4 aromatic rings. The Morgan fingerprint density at radius 2 is 1.21 bits per heavy atom. The van der Waals surface area contributed by atoms with E-state index < -0.39 is 10.8 Å². The molecule has 2 unspecified atom stereocenters. The quantitative estimate of drug-likeness (QED) is 0.0881. The third kappa shape index (κ3) is 11.1. The van der Waals surface area contributed by atoms with Crippen LogP contribution < -0.4 is 18.9 Å². The van der Waals surface area contributed by atoms with Crippen molar-refractivity contribution in [2.75, 3.05) is 62.7 Å². The molecule has 0 spiro atoms. The van der Waals surface area contributed by atoms with Crippen molar-refractivity contribution in [3.05, 3.63) is 119 Å². The SMILES string of the molecule is CCC(=O)C(CC(C)N(C)C)(c1ccccc1)c1ccccc1.COc1ccc(CCN(C)CCCC(C#N)(c2ccc(OC)c(OC)c2)C(C)C)cc1OC. The Balaban J connectivity index is 0.000000320. The average Bonchev–Trinajstić information content (AvgIpc) is 3.23. The molecule has 0 saturated carbocycles. The molecule has 8 heteroatoms. The molecule has 2 atom stereocenters. The summed E-state index contributed by atoms with van der Waals surface area (Å²) in [5.74, 6) is 3.27. The minimum atomic E-state index is -0.582. The molecule has 0 bridgehead atoms. The number of carbonyl (C=O) groups is 1. The minimum Gasteiger partial charge on any atom is -0.493 e. The first kappa shape index (κ1) is 45.5. The van der Waals surface area contributed by atoms with E-state index in [-0.39, 0.29) is 11.7 Å². The molecule has 56 heavy (non-hydrogen) atoms. The van der Waals surface area contributed by atoms with Crippen LogP contribution in [-0.2, 0) is 22.0 Å². The van der Waals surface area contributed by atoms with E-state index in [1.807, 2.05) is 73.7 Å². The molecule has 4 rings (SSSR count). The van der Waals surface area contributed by atoms with Crippen LogP contribution in [0.2, 0.25) is 0 Å². The van der Waals surface area contributed by atoms with E-state index in [1.165, 1.54) is 5.56 Å².